The van der Waals surface area contributed by atoms with Crippen LogP contribution in [0, 0.1) is 12.8 Å². The van der Waals surface area contributed by atoms with Gasteiger partial charge in [0.05, 0.1) is 6.10 Å². The van der Waals surface area contributed by atoms with Gasteiger partial charge < -0.3 is 5.11 Å². The van der Waals surface area contributed by atoms with Crippen molar-refractivity contribution in [2.45, 2.75) is 32.8 Å². The molecule has 0 saturated heterocycles. The third kappa shape index (κ3) is 1.70. The van der Waals surface area contributed by atoms with Crippen molar-refractivity contribution >= 4 is 6.29 Å². The minimum Gasteiger partial charge on any atom is -0.388 e. The van der Waals surface area contributed by atoms with E-state index >= 15 is 0 Å². The molecular weight excluding hydrogens is 188 g/mol. The Kier molecular flexibility index (Phi) is 2.61. The maximum atomic E-state index is 11.0. The van der Waals surface area contributed by atoms with Crippen molar-refractivity contribution in [1.29, 1.82) is 0 Å². The third-order valence-corrected chi connectivity index (χ3v) is 3.24. The molecule has 1 aliphatic carbocycles. The van der Waals surface area contributed by atoms with Crippen molar-refractivity contribution in [3.05, 3.63) is 34.4 Å². The smallest absolute Gasteiger partial charge is 0.150 e. The number of carbonyl (C=O) groups is 1. The first-order valence-corrected chi connectivity index (χ1v) is 5.39. The number of fused-ring (bicyclic) bond motifs is 1. The van der Waals surface area contributed by atoms with Crippen LogP contribution in [-0.4, -0.2) is 11.4 Å². The van der Waals surface area contributed by atoms with E-state index in [9.17, 15) is 9.90 Å². The molecule has 0 aromatic heterocycles. The number of aliphatic hydroxyl groups excluding tert-OH is 1. The van der Waals surface area contributed by atoms with Crippen molar-refractivity contribution in [2.75, 3.05) is 0 Å². The first-order chi connectivity index (χ1) is 7.13. The second-order valence-electron chi connectivity index (χ2n) is 4.55. The van der Waals surface area contributed by atoms with Gasteiger partial charge in [0.1, 0.15) is 0 Å². The Morgan fingerprint density at radius 2 is 2.20 bits per heavy atom. The van der Waals surface area contributed by atoms with E-state index in [-0.39, 0.29) is 0 Å². The molecule has 2 rings (SSSR count). The second-order valence-corrected chi connectivity index (χ2v) is 4.55. The highest BCUT2D eigenvalue weighted by atomic mass is 16.3. The fourth-order valence-corrected chi connectivity index (χ4v) is 2.48. The Balaban J connectivity index is 2.59. The maximum absolute atomic E-state index is 11.0. The molecule has 1 N–H and O–H groups in total. The van der Waals surface area contributed by atoms with Crippen molar-refractivity contribution < 1.29 is 9.90 Å². The van der Waals surface area contributed by atoms with Gasteiger partial charge in [-0.1, -0.05) is 19.1 Å². The zero-order chi connectivity index (χ0) is 11.0. The quantitative estimate of drug-likeness (QED) is 0.713. The van der Waals surface area contributed by atoms with Crippen LogP contribution < -0.4 is 0 Å². The lowest BCUT2D eigenvalue weighted by molar-refractivity contribution is 0.110. The minimum atomic E-state index is -0.469. The van der Waals surface area contributed by atoms with Crippen molar-refractivity contribution in [3.63, 3.8) is 0 Å². The van der Waals surface area contributed by atoms with Crippen LogP contribution in [0.4, 0.5) is 0 Å². The summed E-state index contributed by atoms with van der Waals surface area (Å²) < 4.78 is 0. The molecule has 1 aromatic rings. The van der Waals surface area contributed by atoms with Gasteiger partial charge >= 0.3 is 0 Å². The van der Waals surface area contributed by atoms with Crippen molar-refractivity contribution in [3.8, 4) is 0 Å². The van der Waals surface area contributed by atoms with E-state index in [1.54, 1.807) is 0 Å². The summed E-state index contributed by atoms with van der Waals surface area (Å²) in [5, 5.41) is 10.0. The molecule has 2 heteroatoms. The van der Waals surface area contributed by atoms with Gasteiger partial charge in [0.25, 0.3) is 0 Å². The number of aldehydes is 1. The van der Waals surface area contributed by atoms with Gasteiger partial charge in [0.2, 0.25) is 0 Å². The molecule has 0 amide bonds. The molecule has 2 nitrogen and oxygen atoms in total. The Morgan fingerprint density at radius 1 is 1.47 bits per heavy atom. The van der Waals surface area contributed by atoms with Gasteiger partial charge in [-0.05, 0) is 42.4 Å². The fraction of sp³-hybridized carbons (Fsp3) is 0.462. The van der Waals surface area contributed by atoms with E-state index in [0.29, 0.717) is 11.5 Å². The van der Waals surface area contributed by atoms with Crippen LogP contribution in [-0.2, 0) is 6.42 Å². The number of benzene rings is 1. The number of carbonyl (C=O) groups excluding carboxylic acids is 1. The van der Waals surface area contributed by atoms with E-state index in [1.807, 2.05) is 19.1 Å². The summed E-state index contributed by atoms with van der Waals surface area (Å²) in [4.78, 5) is 11.0. The predicted octanol–water partition coefficient (Wildman–Crippen LogP) is 2.42. The zero-order valence-corrected chi connectivity index (χ0v) is 9.16. The number of rotatable bonds is 1. The molecule has 0 radical (unpaired) electrons. The zero-order valence-electron chi connectivity index (χ0n) is 9.16. The van der Waals surface area contributed by atoms with Gasteiger partial charge in [0, 0.05) is 5.56 Å². The lowest BCUT2D eigenvalue weighted by Crippen LogP contribution is -2.18. The topological polar surface area (TPSA) is 37.3 Å². The highest BCUT2D eigenvalue weighted by Gasteiger charge is 2.25. The van der Waals surface area contributed by atoms with Crippen LogP contribution in [0.15, 0.2) is 12.1 Å². The van der Waals surface area contributed by atoms with Crippen LogP contribution in [0.25, 0.3) is 0 Å². The van der Waals surface area contributed by atoms with Crippen LogP contribution >= 0.6 is 0 Å². The Labute approximate surface area is 89.9 Å². The maximum Gasteiger partial charge on any atom is 0.150 e. The number of aliphatic hydroxyl groups is 1. The average Bonchev–Trinajstić information content (AvgIpc) is 2.18. The highest BCUT2D eigenvalue weighted by Crippen LogP contribution is 2.35. The molecule has 2 atom stereocenters. The van der Waals surface area contributed by atoms with E-state index in [1.165, 1.54) is 0 Å². The van der Waals surface area contributed by atoms with Gasteiger partial charge in [-0.3, -0.25) is 4.79 Å². The molecule has 0 unspecified atom stereocenters. The highest BCUT2D eigenvalue weighted by molar-refractivity contribution is 5.80. The summed E-state index contributed by atoms with van der Waals surface area (Å²) >= 11 is 0. The Hall–Kier alpha value is -1.15. The van der Waals surface area contributed by atoms with Crippen LogP contribution in [0.5, 0.6) is 0 Å². The SMILES string of the molecule is Cc1ccc2c(c1C=O)[C@@H](O)C[C@H](C)C2. The summed E-state index contributed by atoms with van der Waals surface area (Å²) in [6.07, 6.45) is 2.13. The molecule has 80 valence electrons. The fourth-order valence-electron chi connectivity index (χ4n) is 2.48. The summed E-state index contributed by atoms with van der Waals surface area (Å²) in [6, 6.07) is 4.00. The van der Waals surface area contributed by atoms with Crippen molar-refractivity contribution in [1.82, 2.24) is 0 Å². The van der Waals surface area contributed by atoms with E-state index in [4.69, 9.17) is 0 Å². The molecule has 1 aliphatic rings. The van der Waals surface area contributed by atoms with E-state index in [2.05, 4.69) is 6.92 Å². The molecule has 0 bridgehead atoms. The molecule has 15 heavy (non-hydrogen) atoms. The van der Waals surface area contributed by atoms with E-state index in [0.717, 1.165) is 35.8 Å². The van der Waals surface area contributed by atoms with Crippen LogP contribution in [0.1, 0.15) is 46.5 Å². The molecule has 0 aliphatic heterocycles. The summed E-state index contributed by atoms with van der Waals surface area (Å²) in [7, 11) is 0. The summed E-state index contributed by atoms with van der Waals surface area (Å²) in [5.74, 6) is 0.495. The lowest BCUT2D eigenvalue weighted by atomic mass is 9.80. The van der Waals surface area contributed by atoms with Gasteiger partial charge in [0.15, 0.2) is 6.29 Å². The molecule has 0 heterocycles. The Bertz CT molecular complexity index is 396. The summed E-state index contributed by atoms with van der Waals surface area (Å²) in [5.41, 5.74) is 3.64. The molecule has 0 saturated carbocycles. The van der Waals surface area contributed by atoms with Gasteiger partial charge in [-0.2, -0.15) is 0 Å². The Morgan fingerprint density at radius 3 is 2.87 bits per heavy atom. The molecule has 0 fully saturated rings. The minimum absolute atomic E-state index is 0.469. The van der Waals surface area contributed by atoms with Crippen molar-refractivity contribution in [2.24, 2.45) is 5.92 Å². The van der Waals surface area contributed by atoms with Crippen LogP contribution in [0.2, 0.25) is 0 Å². The predicted molar refractivity (Wildman–Crippen MR) is 59.0 cm³/mol. The molecular formula is C13H16O2. The normalized spacial score (nSPS) is 24.7. The molecule has 1 aromatic carbocycles. The second kappa shape index (κ2) is 3.78. The largest absolute Gasteiger partial charge is 0.388 e. The first-order valence-electron chi connectivity index (χ1n) is 5.39. The average molecular weight is 204 g/mol. The number of aryl methyl sites for hydroxylation is 1. The summed E-state index contributed by atoms with van der Waals surface area (Å²) in [6.45, 7) is 4.04. The van der Waals surface area contributed by atoms with Gasteiger partial charge in [-0.15, -0.1) is 0 Å². The lowest BCUT2D eigenvalue weighted by Gasteiger charge is -2.28. The monoisotopic (exact) mass is 204 g/mol. The van der Waals surface area contributed by atoms with Gasteiger partial charge in [-0.25, -0.2) is 0 Å². The standard InChI is InChI=1S/C13H16O2/c1-8-5-10-4-3-9(2)11(7-14)13(10)12(15)6-8/h3-4,7-8,12,15H,5-6H2,1-2H3/t8-,12+/m1/s1. The third-order valence-electron chi connectivity index (χ3n) is 3.24. The van der Waals surface area contributed by atoms with Crippen LogP contribution in [0.3, 0.4) is 0 Å². The number of hydrogen-bond acceptors (Lipinski definition) is 2. The number of hydrogen-bond donors (Lipinski definition) is 1. The molecule has 0 spiro atoms. The first kappa shape index (κ1) is 10.4. The van der Waals surface area contributed by atoms with E-state index < -0.39 is 6.10 Å².